The Balaban J connectivity index is 1.80. The molecule has 1 aromatic heterocycles. The predicted octanol–water partition coefficient (Wildman–Crippen LogP) is 3.91. The SMILES string of the molecule is Cc1c(C(=O)Nc2ccc(OCC(F)(F)F)c(C#N)c2)[nH]c2c1C(=O)CCC2. The molecule has 0 aliphatic heterocycles. The Labute approximate surface area is 158 Å². The van der Waals surface area contributed by atoms with Gasteiger partial charge in [-0.3, -0.25) is 9.59 Å². The van der Waals surface area contributed by atoms with E-state index in [1.807, 2.05) is 0 Å². The van der Waals surface area contributed by atoms with Crippen molar-refractivity contribution in [3.63, 3.8) is 0 Å². The quantitative estimate of drug-likeness (QED) is 0.826. The molecule has 2 N–H and O–H groups in total. The first-order chi connectivity index (χ1) is 13.2. The zero-order valence-electron chi connectivity index (χ0n) is 14.9. The lowest BCUT2D eigenvalue weighted by Crippen LogP contribution is -2.19. The highest BCUT2D eigenvalue weighted by Gasteiger charge is 2.29. The van der Waals surface area contributed by atoms with E-state index in [0.717, 1.165) is 12.1 Å². The van der Waals surface area contributed by atoms with Gasteiger partial charge in [0.2, 0.25) is 0 Å². The summed E-state index contributed by atoms with van der Waals surface area (Å²) in [4.78, 5) is 27.6. The lowest BCUT2D eigenvalue weighted by Gasteiger charge is -2.12. The highest BCUT2D eigenvalue weighted by atomic mass is 19.4. The summed E-state index contributed by atoms with van der Waals surface area (Å²) in [5, 5.41) is 11.7. The normalized spacial score (nSPS) is 13.6. The van der Waals surface area contributed by atoms with Crippen LogP contribution in [0, 0.1) is 18.3 Å². The maximum Gasteiger partial charge on any atom is 0.422 e. The number of nitrogens with one attached hydrogen (secondary N) is 2. The fourth-order valence-corrected chi connectivity index (χ4v) is 3.18. The van der Waals surface area contributed by atoms with Crippen molar-refractivity contribution in [2.24, 2.45) is 0 Å². The minimum Gasteiger partial charge on any atom is -0.483 e. The van der Waals surface area contributed by atoms with Crippen LogP contribution in [0.3, 0.4) is 0 Å². The van der Waals surface area contributed by atoms with E-state index in [9.17, 15) is 22.8 Å². The topological polar surface area (TPSA) is 95.0 Å². The van der Waals surface area contributed by atoms with Crippen LogP contribution >= 0.6 is 0 Å². The van der Waals surface area contributed by atoms with Crippen molar-refractivity contribution in [3.05, 3.63) is 46.3 Å². The number of rotatable bonds is 4. The number of alkyl halides is 3. The average Bonchev–Trinajstić information content (AvgIpc) is 2.98. The molecule has 0 saturated carbocycles. The van der Waals surface area contributed by atoms with Gasteiger partial charge in [-0.05, 0) is 43.5 Å². The van der Waals surface area contributed by atoms with Crippen molar-refractivity contribution in [2.75, 3.05) is 11.9 Å². The largest absolute Gasteiger partial charge is 0.483 e. The van der Waals surface area contributed by atoms with E-state index < -0.39 is 18.7 Å². The molecule has 1 amide bonds. The molecule has 146 valence electrons. The van der Waals surface area contributed by atoms with E-state index in [2.05, 4.69) is 15.0 Å². The molecule has 9 heteroatoms. The highest BCUT2D eigenvalue weighted by molar-refractivity contribution is 6.08. The molecule has 0 spiro atoms. The Bertz CT molecular complexity index is 987. The number of aromatic nitrogens is 1. The van der Waals surface area contributed by atoms with Crippen LogP contribution in [-0.4, -0.2) is 29.5 Å². The van der Waals surface area contributed by atoms with Gasteiger partial charge in [0.25, 0.3) is 5.91 Å². The molecular weight excluding hydrogens is 375 g/mol. The number of ketones is 1. The van der Waals surface area contributed by atoms with Gasteiger partial charge in [-0.1, -0.05) is 0 Å². The number of nitriles is 1. The summed E-state index contributed by atoms with van der Waals surface area (Å²) in [6.07, 6.45) is -2.68. The number of Topliss-reactive ketones (excluding diaryl/α,β-unsaturated/α-hetero) is 1. The Kier molecular flexibility index (Phi) is 5.14. The summed E-state index contributed by atoms with van der Waals surface area (Å²) in [7, 11) is 0. The van der Waals surface area contributed by atoms with Crippen molar-refractivity contribution in [3.8, 4) is 11.8 Å². The first-order valence-corrected chi connectivity index (χ1v) is 8.49. The Morgan fingerprint density at radius 2 is 2.11 bits per heavy atom. The van der Waals surface area contributed by atoms with Gasteiger partial charge in [0.05, 0.1) is 5.56 Å². The van der Waals surface area contributed by atoms with Gasteiger partial charge in [-0.2, -0.15) is 18.4 Å². The van der Waals surface area contributed by atoms with Crippen molar-refractivity contribution in [1.29, 1.82) is 5.26 Å². The molecular formula is C19H16F3N3O3. The smallest absolute Gasteiger partial charge is 0.422 e. The summed E-state index contributed by atoms with van der Waals surface area (Å²) in [5.41, 5.74) is 2.16. The third-order valence-corrected chi connectivity index (χ3v) is 4.41. The lowest BCUT2D eigenvalue weighted by atomic mass is 9.94. The number of fused-ring (bicyclic) bond motifs is 1. The van der Waals surface area contributed by atoms with Crippen LogP contribution in [0.4, 0.5) is 18.9 Å². The molecule has 0 atom stereocenters. The highest BCUT2D eigenvalue weighted by Crippen LogP contribution is 2.28. The average molecular weight is 391 g/mol. The number of amides is 1. The van der Waals surface area contributed by atoms with Crippen LogP contribution in [-0.2, 0) is 6.42 Å². The number of H-pyrrole nitrogens is 1. The zero-order valence-corrected chi connectivity index (χ0v) is 14.9. The first kappa shape index (κ1) is 19.5. The molecule has 28 heavy (non-hydrogen) atoms. The van der Waals surface area contributed by atoms with Crippen LogP contribution in [0.2, 0.25) is 0 Å². The second-order valence-electron chi connectivity index (χ2n) is 6.44. The molecule has 0 fully saturated rings. The first-order valence-electron chi connectivity index (χ1n) is 8.49. The van der Waals surface area contributed by atoms with Gasteiger partial charge >= 0.3 is 6.18 Å². The van der Waals surface area contributed by atoms with Crippen LogP contribution in [0.5, 0.6) is 5.75 Å². The molecule has 1 aromatic carbocycles. The van der Waals surface area contributed by atoms with Crippen LogP contribution in [0.1, 0.15) is 50.5 Å². The van der Waals surface area contributed by atoms with Gasteiger partial charge in [-0.15, -0.1) is 0 Å². The number of anilines is 1. The summed E-state index contributed by atoms with van der Waals surface area (Å²) in [6, 6.07) is 5.51. The number of hydrogen-bond donors (Lipinski definition) is 2. The minimum absolute atomic E-state index is 0.00742. The third kappa shape index (κ3) is 4.01. The number of carbonyl (C=O) groups is 2. The molecule has 0 unspecified atom stereocenters. The Morgan fingerprint density at radius 1 is 1.36 bits per heavy atom. The third-order valence-electron chi connectivity index (χ3n) is 4.41. The van der Waals surface area contributed by atoms with Crippen molar-refractivity contribution in [1.82, 2.24) is 4.98 Å². The fourth-order valence-electron chi connectivity index (χ4n) is 3.18. The minimum atomic E-state index is -4.53. The summed E-state index contributed by atoms with van der Waals surface area (Å²) in [5.74, 6) is -0.741. The summed E-state index contributed by atoms with van der Waals surface area (Å²) in [6.45, 7) is 0.164. The molecule has 3 rings (SSSR count). The van der Waals surface area contributed by atoms with Crippen LogP contribution in [0.25, 0.3) is 0 Å². The number of nitrogens with zero attached hydrogens (tertiary/aromatic N) is 1. The molecule has 1 aliphatic carbocycles. The van der Waals surface area contributed by atoms with E-state index in [-0.39, 0.29) is 28.5 Å². The van der Waals surface area contributed by atoms with Gasteiger partial charge in [0, 0.05) is 23.4 Å². The Hall–Kier alpha value is -3.28. The fraction of sp³-hybridized carbons (Fsp3) is 0.316. The second-order valence-corrected chi connectivity index (χ2v) is 6.44. The van der Waals surface area contributed by atoms with E-state index >= 15 is 0 Å². The molecule has 1 heterocycles. The maximum atomic E-state index is 12.6. The molecule has 2 aromatic rings. The monoisotopic (exact) mass is 391 g/mol. The van der Waals surface area contributed by atoms with E-state index in [4.69, 9.17) is 5.26 Å². The maximum absolute atomic E-state index is 12.6. The van der Waals surface area contributed by atoms with Gasteiger partial charge in [0.1, 0.15) is 17.5 Å². The number of halogens is 3. The van der Waals surface area contributed by atoms with Crippen LogP contribution < -0.4 is 10.1 Å². The van der Waals surface area contributed by atoms with Crippen molar-refractivity contribution < 1.29 is 27.5 Å². The number of aromatic amines is 1. The van der Waals surface area contributed by atoms with Gasteiger partial charge < -0.3 is 15.0 Å². The number of hydrogen-bond acceptors (Lipinski definition) is 4. The number of ether oxygens (including phenoxy) is 1. The molecule has 6 nitrogen and oxygen atoms in total. The molecule has 0 radical (unpaired) electrons. The standard InChI is InChI=1S/C19H16F3N3O3/c1-10-16-13(3-2-4-14(16)26)25-17(10)18(27)24-12-5-6-15(11(7-12)8-23)28-9-19(20,21)22/h5-7,25H,2-4,9H2,1H3,(H,24,27). The van der Waals surface area contributed by atoms with E-state index in [1.54, 1.807) is 13.0 Å². The van der Waals surface area contributed by atoms with Gasteiger partial charge in [-0.25, -0.2) is 0 Å². The van der Waals surface area contributed by atoms with Crippen molar-refractivity contribution >= 4 is 17.4 Å². The number of benzene rings is 1. The van der Waals surface area contributed by atoms with E-state index in [1.165, 1.54) is 18.2 Å². The lowest BCUT2D eigenvalue weighted by molar-refractivity contribution is -0.153. The van der Waals surface area contributed by atoms with Crippen molar-refractivity contribution in [2.45, 2.75) is 32.4 Å². The van der Waals surface area contributed by atoms with E-state index in [0.29, 0.717) is 24.0 Å². The molecule has 0 bridgehead atoms. The second kappa shape index (κ2) is 7.38. The van der Waals surface area contributed by atoms with Crippen LogP contribution in [0.15, 0.2) is 18.2 Å². The predicted molar refractivity (Wildman–Crippen MR) is 93.5 cm³/mol. The van der Waals surface area contributed by atoms with Gasteiger partial charge in [0.15, 0.2) is 12.4 Å². The molecule has 1 aliphatic rings. The number of carbonyl (C=O) groups excluding carboxylic acids is 2. The summed E-state index contributed by atoms with van der Waals surface area (Å²) >= 11 is 0. The summed E-state index contributed by atoms with van der Waals surface area (Å²) < 4.78 is 41.5. The molecule has 0 saturated heterocycles. The zero-order chi connectivity index (χ0) is 20.5. The Morgan fingerprint density at radius 3 is 2.75 bits per heavy atom. The number of aryl methyl sites for hydroxylation is 1.